The number of hydrogen-bond donors (Lipinski definition) is 0. The number of rotatable bonds is 6. The summed E-state index contributed by atoms with van der Waals surface area (Å²) < 4.78 is 18.9. The first-order valence-electron chi connectivity index (χ1n) is 8.82. The number of methoxy groups -OCH3 is 1. The topological polar surface area (TPSA) is 45.5 Å². The summed E-state index contributed by atoms with van der Waals surface area (Å²) in [5.74, 6) is 1.55. The van der Waals surface area contributed by atoms with Crippen molar-refractivity contribution < 1.29 is 14.2 Å². The van der Waals surface area contributed by atoms with Crippen molar-refractivity contribution >= 4 is 0 Å². The van der Waals surface area contributed by atoms with Crippen LogP contribution in [0.15, 0.2) is 60.8 Å². The minimum atomic E-state index is 0.0762. The van der Waals surface area contributed by atoms with Crippen molar-refractivity contribution in [3.05, 3.63) is 66.4 Å². The molecule has 0 amide bonds. The van der Waals surface area contributed by atoms with Gasteiger partial charge in [-0.2, -0.15) is 5.10 Å². The zero-order valence-electron chi connectivity index (χ0n) is 14.8. The molecule has 3 aromatic rings. The Labute approximate surface area is 153 Å². The molecule has 5 heteroatoms. The number of benzene rings is 2. The summed E-state index contributed by atoms with van der Waals surface area (Å²) in [5.41, 5.74) is 3.07. The minimum Gasteiger partial charge on any atom is -0.497 e. The predicted octanol–water partition coefficient (Wildman–Crippen LogP) is 3.77. The van der Waals surface area contributed by atoms with Crippen molar-refractivity contribution in [2.75, 3.05) is 20.3 Å². The quantitative estimate of drug-likeness (QED) is 0.679. The van der Waals surface area contributed by atoms with Gasteiger partial charge in [0, 0.05) is 24.2 Å². The molecular formula is C21H22N2O3. The Morgan fingerprint density at radius 1 is 1.15 bits per heavy atom. The van der Waals surface area contributed by atoms with Crippen LogP contribution in [0.2, 0.25) is 0 Å². The van der Waals surface area contributed by atoms with Crippen LogP contribution in [-0.2, 0) is 11.3 Å². The van der Waals surface area contributed by atoms with Crippen LogP contribution in [0, 0.1) is 0 Å². The molecular weight excluding hydrogens is 328 g/mol. The Morgan fingerprint density at radius 2 is 2.04 bits per heavy atom. The van der Waals surface area contributed by atoms with E-state index in [-0.39, 0.29) is 6.10 Å². The molecule has 0 N–H and O–H groups in total. The maximum Gasteiger partial charge on any atom is 0.133 e. The van der Waals surface area contributed by atoms with Crippen molar-refractivity contribution in [3.63, 3.8) is 0 Å². The third-order valence-electron chi connectivity index (χ3n) is 4.47. The predicted molar refractivity (Wildman–Crippen MR) is 99.6 cm³/mol. The number of hydrogen-bond acceptors (Lipinski definition) is 4. The van der Waals surface area contributed by atoms with Gasteiger partial charge in [0.2, 0.25) is 0 Å². The summed E-state index contributed by atoms with van der Waals surface area (Å²) >= 11 is 0. The highest BCUT2D eigenvalue weighted by Gasteiger charge is 2.20. The highest BCUT2D eigenvalue weighted by atomic mass is 16.5. The van der Waals surface area contributed by atoms with Crippen LogP contribution in [-0.4, -0.2) is 36.2 Å². The van der Waals surface area contributed by atoms with Gasteiger partial charge in [-0.25, -0.2) is 0 Å². The minimum absolute atomic E-state index is 0.0762. The molecule has 0 radical (unpaired) electrons. The van der Waals surface area contributed by atoms with Crippen molar-refractivity contribution in [2.24, 2.45) is 0 Å². The molecule has 0 bridgehead atoms. The van der Waals surface area contributed by atoms with Gasteiger partial charge < -0.3 is 14.2 Å². The van der Waals surface area contributed by atoms with Crippen LogP contribution >= 0.6 is 0 Å². The fourth-order valence-corrected chi connectivity index (χ4v) is 3.09. The van der Waals surface area contributed by atoms with Crippen molar-refractivity contribution in [2.45, 2.75) is 19.1 Å². The molecule has 2 aromatic carbocycles. The largest absolute Gasteiger partial charge is 0.497 e. The average molecular weight is 350 g/mol. The highest BCUT2D eigenvalue weighted by molar-refractivity contribution is 5.68. The molecule has 1 aliphatic heterocycles. The molecule has 4 rings (SSSR count). The summed E-state index contributed by atoms with van der Waals surface area (Å²) in [7, 11) is 1.66. The first kappa shape index (κ1) is 16.7. The summed E-state index contributed by atoms with van der Waals surface area (Å²) in [5, 5.41) is 4.73. The summed E-state index contributed by atoms with van der Waals surface area (Å²) in [6.07, 6.45) is 2.97. The van der Waals surface area contributed by atoms with Crippen LogP contribution in [0.1, 0.15) is 12.0 Å². The molecule has 0 saturated carbocycles. The Balaban J connectivity index is 1.60. The van der Waals surface area contributed by atoms with Crippen molar-refractivity contribution in [1.29, 1.82) is 0 Å². The van der Waals surface area contributed by atoms with Crippen LogP contribution in [0.25, 0.3) is 11.3 Å². The molecule has 1 fully saturated rings. The average Bonchev–Trinajstić information content (AvgIpc) is 3.35. The van der Waals surface area contributed by atoms with E-state index in [0.717, 1.165) is 42.3 Å². The lowest BCUT2D eigenvalue weighted by Gasteiger charge is -2.16. The lowest BCUT2D eigenvalue weighted by Crippen LogP contribution is -2.16. The van der Waals surface area contributed by atoms with Gasteiger partial charge in [-0.05, 0) is 23.8 Å². The van der Waals surface area contributed by atoms with Gasteiger partial charge in [0.05, 0.1) is 32.6 Å². The van der Waals surface area contributed by atoms with Crippen LogP contribution < -0.4 is 9.47 Å². The summed E-state index contributed by atoms with van der Waals surface area (Å²) in [6, 6.07) is 18.2. The Kier molecular flexibility index (Phi) is 4.88. The van der Waals surface area contributed by atoms with Crippen LogP contribution in [0.5, 0.6) is 11.5 Å². The number of aromatic nitrogens is 2. The second-order valence-corrected chi connectivity index (χ2v) is 6.35. The number of nitrogens with zero attached hydrogens (tertiary/aromatic N) is 2. The zero-order valence-corrected chi connectivity index (χ0v) is 14.8. The molecule has 134 valence electrons. The van der Waals surface area contributed by atoms with Gasteiger partial charge in [-0.15, -0.1) is 0 Å². The van der Waals surface area contributed by atoms with Gasteiger partial charge in [0.25, 0.3) is 0 Å². The van der Waals surface area contributed by atoms with Gasteiger partial charge in [-0.3, -0.25) is 4.68 Å². The van der Waals surface area contributed by atoms with E-state index >= 15 is 0 Å². The van der Waals surface area contributed by atoms with E-state index in [4.69, 9.17) is 19.3 Å². The molecule has 2 heterocycles. The van der Waals surface area contributed by atoms with Crippen molar-refractivity contribution in [3.8, 4) is 22.8 Å². The van der Waals surface area contributed by atoms with Gasteiger partial charge in [0.1, 0.15) is 17.6 Å². The van der Waals surface area contributed by atoms with Gasteiger partial charge in [-0.1, -0.05) is 30.3 Å². The molecule has 5 nitrogen and oxygen atoms in total. The summed E-state index contributed by atoms with van der Waals surface area (Å²) in [6.45, 7) is 2.11. The maximum atomic E-state index is 6.18. The van der Waals surface area contributed by atoms with E-state index in [0.29, 0.717) is 6.61 Å². The fourth-order valence-electron chi connectivity index (χ4n) is 3.09. The smallest absolute Gasteiger partial charge is 0.133 e. The molecule has 0 unspecified atom stereocenters. The normalized spacial score (nSPS) is 16.6. The Bertz CT molecular complexity index is 855. The second kappa shape index (κ2) is 7.62. The maximum absolute atomic E-state index is 6.18. The van der Waals surface area contributed by atoms with Crippen LogP contribution in [0.3, 0.4) is 0 Å². The lowest BCUT2D eigenvalue weighted by atomic mass is 10.1. The molecule has 0 spiro atoms. The molecule has 26 heavy (non-hydrogen) atoms. The number of ether oxygens (including phenoxy) is 3. The second-order valence-electron chi connectivity index (χ2n) is 6.35. The molecule has 1 atom stereocenters. The third kappa shape index (κ3) is 3.73. The zero-order chi connectivity index (χ0) is 17.8. The third-order valence-corrected chi connectivity index (χ3v) is 4.47. The van der Waals surface area contributed by atoms with E-state index < -0.39 is 0 Å². The monoisotopic (exact) mass is 350 g/mol. The van der Waals surface area contributed by atoms with E-state index in [1.807, 2.05) is 53.3 Å². The molecule has 0 aliphatic carbocycles. The standard InChI is InChI=1S/C21H22N2O3/c1-24-17-7-8-19(21(13-17)26-18-10-12-25-15-18)20-9-11-23(22-20)14-16-5-3-2-4-6-16/h2-9,11,13,18H,10,12,14-15H2,1H3/t18-/m1/s1. The Hall–Kier alpha value is -2.79. The van der Waals surface area contributed by atoms with Crippen molar-refractivity contribution in [1.82, 2.24) is 9.78 Å². The molecule has 1 saturated heterocycles. The first-order valence-corrected chi connectivity index (χ1v) is 8.82. The van der Waals surface area contributed by atoms with E-state index in [1.165, 1.54) is 5.56 Å². The first-order chi connectivity index (χ1) is 12.8. The molecule has 1 aromatic heterocycles. The Morgan fingerprint density at radius 3 is 2.81 bits per heavy atom. The summed E-state index contributed by atoms with van der Waals surface area (Å²) in [4.78, 5) is 0. The van der Waals surface area contributed by atoms with E-state index in [9.17, 15) is 0 Å². The SMILES string of the molecule is COc1ccc(-c2ccn(Cc3ccccc3)n2)c(O[C@@H]2CCOC2)c1. The van der Waals surface area contributed by atoms with Crippen LogP contribution in [0.4, 0.5) is 0 Å². The van der Waals surface area contributed by atoms with Gasteiger partial charge >= 0.3 is 0 Å². The van der Waals surface area contributed by atoms with Gasteiger partial charge in [0.15, 0.2) is 0 Å². The highest BCUT2D eigenvalue weighted by Crippen LogP contribution is 2.34. The lowest BCUT2D eigenvalue weighted by molar-refractivity contribution is 0.141. The van der Waals surface area contributed by atoms with E-state index in [1.54, 1.807) is 7.11 Å². The fraction of sp³-hybridized carbons (Fsp3) is 0.286. The van der Waals surface area contributed by atoms with E-state index in [2.05, 4.69) is 12.1 Å². The molecule has 1 aliphatic rings.